The molecule has 2 rings (SSSR count). The van der Waals surface area contributed by atoms with Crippen molar-refractivity contribution in [3.63, 3.8) is 0 Å². The quantitative estimate of drug-likeness (QED) is 0.793. The number of ether oxygens (including phenoxy) is 1. The molecular formula is C12H19NO4. The molecule has 0 aromatic carbocycles. The van der Waals surface area contributed by atoms with E-state index in [9.17, 15) is 9.59 Å². The molecule has 0 saturated carbocycles. The zero-order chi connectivity index (χ0) is 12.3. The summed E-state index contributed by atoms with van der Waals surface area (Å²) in [5.41, 5.74) is 0. The van der Waals surface area contributed by atoms with E-state index in [2.05, 4.69) is 0 Å². The molecule has 5 heteroatoms. The van der Waals surface area contributed by atoms with E-state index < -0.39 is 5.97 Å². The van der Waals surface area contributed by atoms with Crippen molar-refractivity contribution < 1.29 is 19.4 Å². The fourth-order valence-electron chi connectivity index (χ4n) is 2.57. The number of carboxylic acids is 1. The molecule has 1 N–H and O–H groups in total. The summed E-state index contributed by atoms with van der Waals surface area (Å²) < 4.78 is 5.38. The van der Waals surface area contributed by atoms with Crippen molar-refractivity contribution >= 4 is 11.9 Å². The van der Waals surface area contributed by atoms with E-state index in [1.807, 2.05) is 4.90 Å². The van der Waals surface area contributed by atoms with Gasteiger partial charge in [-0.1, -0.05) is 0 Å². The number of carboxylic acid groups (broad SMARTS) is 1. The van der Waals surface area contributed by atoms with Crippen LogP contribution in [0, 0.1) is 5.92 Å². The zero-order valence-corrected chi connectivity index (χ0v) is 9.93. The molecule has 2 heterocycles. The number of carbonyl (C=O) groups excluding carboxylic acids is 1. The first-order chi connectivity index (χ1) is 8.16. The summed E-state index contributed by atoms with van der Waals surface area (Å²) in [6, 6.07) is 0. The molecule has 0 aromatic rings. The van der Waals surface area contributed by atoms with Gasteiger partial charge in [0.2, 0.25) is 0 Å². The van der Waals surface area contributed by atoms with Crippen molar-refractivity contribution in [3.05, 3.63) is 0 Å². The number of aliphatic carboxylic acids is 1. The Morgan fingerprint density at radius 2 is 2.18 bits per heavy atom. The van der Waals surface area contributed by atoms with Crippen LogP contribution in [0.2, 0.25) is 0 Å². The highest BCUT2D eigenvalue weighted by atomic mass is 16.5. The van der Waals surface area contributed by atoms with Crippen LogP contribution in [0.4, 0.5) is 0 Å². The fourth-order valence-corrected chi connectivity index (χ4v) is 2.57. The molecule has 2 aliphatic rings. The van der Waals surface area contributed by atoms with E-state index in [1.54, 1.807) is 0 Å². The first-order valence-corrected chi connectivity index (χ1v) is 6.29. The number of amides is 1. The molecule has 0 radical (unpaired) electrons. The first-order valence-electron chi connectivity index (χ1n) is 6.29. The van der Waals surface area contributed by atoms with Gasteiger partial charge in [-0.15, -0.1) is 0 Å². The summed E-state index contributed by atoms with van der Waals surface area (Å²) in [5, 5.41) is 8.62. The minimum atomic E-state index is -0.756. The highest BCUT2D eigenvalue weighted by Gasteiger charge is 2.32. The van der Waals surface area contributed by atoms with E-state index in [1.165, 1.54) is 0 Å². The van der Waals surface area contributed by atoms with Crippen molar-refractivity contribution in [3.8, 4) is 0 Å². The smallest absolute Gasteiger partial charge is 0.303 e. The van der Waals surface area contributed by atoms with E-state index in [0.29, 0.717) is 25.5 Å². The number of nitrogens with zero attached hydrogens (tertiary/aromatic N) is 1. The van der Waals surface area contributed by atoms with Crippen LogP contribution in [0.1, 0.15) is 32.1 Å². The summed E-state index contributed by atoms with van der Waals surface area (Å²) in [4.78, 5) is 24.3. The molecule has 96 valence electrons. The third-order valence-corrected chi connectivity index (χ3v) is 3.57. The van der Waals surface area contributed by atoms with Crippen molar-refractivity contribution in [2.24, 2.45) is 5.92 Å². The summed E-state index contributed by atoms with van der Waals surface area (Å²) >= 11 is 0. The predicted molar refractivity (Wildman–Crippen MR) is 60.5 cm³/mol. The van der Waals surface area contributed by atoms with Crippen LogP contribution in [-0.4, -0.2) is 47.7 Å². The maximum absolute atomic E-state index is 12.0. The molecule has 2 aliphatic heterocycles. The lowest BCUT2D eigenvalue weighted by molar-refractivity contribution is -0.139. The number of rotatable bonds is 4. The molecule has 0 bridgehead atoms. The van der Waals surface area contributed by atoms with Gasteiger partial charge >= 0.3 is 5.97 Å². The SMILES string of the molecule is O=C(O)CCC1CCN(C(=O)C2CCCO2)C1. The van der Waals surface area contributed by atoms with E-state index in [4.69, 9.17) is 9.84 Å². The standard InChI is InChI=1S/C12H19NO4/c14-11(15)4-3-9-5-6-13(8-9)12(16)10-2-1-7-17-10/h9-10H,1-8H2,(H,14,15). The summed E-state index contributed by atoms with van der Waals surface area (Å²) in [7, 11) is 0. The van der Waals surface area contributed by atoms with Gasteiger partial charge in [0.25, 0.3) is 5.91 Å². The third-order valence-electron chi connectivity index (χ3n) is 3.57. The lowest BCUT2D eigenvalue weighted by Gasteiger charge is -2.20. The molecule has 1 amide bonds. The first kappa shape index (κ1) is 12.4. The minimum absolute atomic E-state index is 0.0975. The van der Waals surface area contributed by atoms with E-state index in [-0.39, 0.29) is 18.4 Å². The van der Waals surface area contributed by atoms with Crippen LogP contribution in [0.25, 0.3) is 0 Å². The normalized spacial score (nSPS) is 28.6. The highest BCUT2D eigenvalue weighted by molar-refractivity contribution is 5.81. The van der Waals surface area contributed by atoms with E-state index in [0.717, 1.165) is 25.8 Å². The Morgan fingerprint density at radius 1 is 1.35 bits per heavy atom. The Balaban J connectivity index is 1.76. The largest absolute Gasteiger partial charge is 0.481 e. The average Bonchev–Trinajstić information content (AvgIpc) is 2.97. The van der Waals surface area contributed by atoms with Crippen molar-refractivity contribution in [1.82, 2.24) is 4.90 Å². The fraction of sp³-hybridized carbons (Fsp3) is 0.833. The monoisotopic (exact) mass is 241 g/mol. The van der Waals surface area contributed by atoms with E-state index >= 15 is 0 Å². The molecule has 2 fully saturated rings. The second kappa shape index (κ2) is 5.49. The topological polar surface area (TPSA) is 66.8 Å². The van der Waals surface area contributed by atoms with Gasteiger partial charge < -0.3 is 14.7 Å². The second-order valence-corrected chi connectivity index (χ2v) is 4.87. The minimum Gasteiger partial charge on any atom is -0.481 e. The van der Waals surface area contributed by atoms with Gasteiger partial charge in [0.05, 0.1) is 0 Å². The van der Waals surface area contributed by atoms with Gasteiger partial charge in [0.15, 0.2) is 0 Å². The van der Waals surface area contributed by atoms with Crippen LogP contribution in [0.15, 0.2) is 0 Å². The maximum atomic E-state index is 12.0. The van der Waals surface area contributed by atoms with Crippen LogP contribution >= 0.6 is 0 Å². The number of hydrogen-bond acceptors (Lipinski definition) is 3. The van der Waals surface area contributed by atoms with Crippen molar-refractivity contribution in [2.45, 2.75) is 38.2 Å². The number of hydrogen-bond donors (Lipinski definition) is 1. The van der Waals surface area contributed by atoms with Gasteiger partial charge in [-0.05, 0) is 31.6 Å². The Bertz CT molecular complexity index is 299. The Labute approximate surface area is 101 Å². The Morgan fingerprint density at radius 3 is 2.82 bits per heavy atom. The lowest BCUT2D eigenvalue weighted by Crippen LogP contribution is -2.37. The summed E-state index contributed by atoms with van der Waals surface area (Å²) in [6.45, 7) is 2.14. The molecule has 2 atom stereocenters. The molecule has 5 nitrogen and oxygen atoms in total. The molecular weight excluding hydrogens is 222 g/mol. The third kappa shape index (κ3) is 3.19. The number of carbonyl (C=O) groups is 2. The molecule has 2 saturated heterocycles. The molecule has 2 unspecified atom stereocenters. The van der Waals surface area contributed by atoms with Gasteiger partial charge in [-0.25, -0.2) is 0 Å². The number of likely N-dealkylation sites (tertiary alicyclic amines) is 1. The van der Waals surface area contributed by atoms with Crippen LogP contribution < -0.4 is 0 Å². The highest BCUT2D eigenvalue weighted by Crippen LogP contribution is 2.24. The maximum Gasteiger partial charge on any atom is 0.303 e. The molecule has 0 aliphatic carbocycles. The van der Waals surface area contributed by atoms with Crippen molar-refractivity contribution in [2.75, 3.05) is 19.7 Å². The molecule has 0 spiro atoms. The lowest BCUT2D eigenvalue weighted by atomic mass is 10.0. The van der Waals surface area contributed by atoms with Gasteiger partial charge in [0, 0.05) is 26.1 Å². The van der Waals surface area contributed by atoms with Crippen LogP contribution in [0.5, 0.6) is 0 Å². The predicted octanol–water partition coefficient (Wildman–Crippen LogP) is 0.879. The van der Waals surface area contributed by atoms with Crippen molar-refractivity contribution in [1.29, 1.82) is 0 Å². The average molecular weight is 241 g/mol. The van der Waals surface area contributed by atoms with Crippen LogP contribution in [-0.2, 0) is 14.3 Å². The Hall–Kier alpha value is -1.10. The molecule has 0 aromatic heterocycles. The van der Waals surface area contributed by atoms with Gasteiger partial charge in [-0.2, -0.15) is 0 Å². The molecule has 17 heavy (non-hydrogen) atoms. The van der Waals surface area contributed by atoms with Gasteiger partial charge in [0.1, 0.15) is 6.10 Å². The summed E-state index contributed by atoms with van der Waals surface area (Å²) in [5.74, 6) is -0.314. The van der Waals surface area contributed by atoms with Crippen LogP contribution in [0.3, 0.4) is 0 Å². The van der Waals surface area contributed by atoms with Gasteiger partial charge in [-0.3, -0.25) is 9.59 Å². The second-order valence-electron chi connectivity index (χ2n) is 4.87. The Kier molecular flexibility index (Phi) is 3.99. The zero-order valence-electron chi connectivity index (χ0n) is 9.93. The summed E-state index contributed by atoms with van der Waals surface area (Å²) in [6.07, 6.45) is 3.35.